The van der Waals surface area contributed by atoms with E-state index < -0.39 is 0 Å². The molecule has 0 aromatic heterocycles. The van der Waals surface area contributed by atoms with Gasteiger partial charge in [0, 0.05) is 31.5 Å². The first-order chi connectivity index (χ1) is 11.7. The Morgan fingerprint density at radius 3 is 2.38 bits per heavy atom. The molecule has 1 heterocycles. The largest absolute Gasteiger partial charge is 0.345 e. The molecule has 2 nitrogen and oxygen atoms in total. The van der Waals surface area contributed by atoms with Gasteiger partial charge in [-0.3, -0.25) is 0 Å². The number of nitrogens with zero attached hydrogens (tertiary/aromatic N) is 2. The third-order valence-electron chi connectivity index (χ3n) is 5.51. The molecule has 0 fully saturated rings. The molecule has 2 heteroatoms. The molecule has 0 saturated carbocycles. The van der Waals surface area contributed by atoms with Gasteiger partial charge in [-0.2, -0.15) is 0 Å². The minimum atomic E-state index is 1.06. The summed E-state index contributed by atoms with van der Waals surface area (Å²) in [4.78, 5) is 4.66. The predicted octanol–water partition coefficient (Wildman–Crippen LogP) is 4.66. The summed E-state index contributed by atoms with van der Waals surface area (Å²) in [6.07, 6.45) is 7.30. The van der Waals surface area contributed by atoms with Crippen molar-refractivity contribution in [3.05, 3.63) is 65.2 Å². The summed E-state index contributed by atoms with van der Waals surface area (Å²) in [5.74, 6) is 0. The average Bonchev–Trinajstić information content (AvgIpc) is 3.09. The zero-order valence-corrected chi connectivity index (χ0v) is 14.8. The van der Waals surface area contributed by atoms with Crippen LogP contribution in [0.25, 0.3) is 5.57 Å². The van der Waals surface area contributed by atoms with Crippen LogP contribution in [-0.2, 0) is 12.8 Å². The van der Waals surface area contributed by atoms with Gasteiger partial charge in [0.2, 0.25) is 0 Å². The van der Waals surface area contributed by atoms with Crippen molar-refractivity contribution in [2.45, 2.75) is 25.7 Å². The van der Waals surface area contributed by atoms with Crippen molar-refractivity contribution >= 4 is 16.9 Å². The number of hydrogen-bond acceptors (Lipinski definition) is 2. The first kappa shape index (κ1) is 15.5. The summed E-state index contributed by atoms with van der Waals surface area (Å²) in [6.45, 7) is 2.22. The van der Waals surface area contributed by atoms with Crippen molar-refractivity contribution in [2.24, 2.45) is 0 Å². The van der Waals surface area contributed by atoms with Gasteiger partial charge in [-0.15, -0.1) is 0 Å². The van der Waals surface area contributed by atoms with Gasteiger partial charge in [0.15, 0.2) is 0 Å². The maximum atomic E-state index is 2.37. The average molecular weight is 318 g/mol. The summed E-state index contributed by atoms with van der Waals surface area (Å²) in [5, 5.41) is 0. The summed E-state index contributed by atoms with van der Waals surface area (Å²) >= 11 is 0. The third-order valence-corrected chi connectivity index (χ3v) is 5.51. The summed E-state index contributed by atoms with van der Waals surface area (Å²) < 4.78 is 0. The molecule has 0 spiro atoms. The van der Waals surface area contributed by atoms with Gasteiger partial charge >= 0.3 is 0 Å². The van der Waals surface area contributed by atoms with E-state index in [0.29, 0.717) is 0 Å². The van der Waals surface area contributed by atoms with Crippen molar-refractivity contribution in [1.29, 1.82) is 0 Å². The van der Waals surface area contributed by atoms with Crippen LogP contribution in [0.3, 0.4) is 0 Å². The monoisotopic (exact) mass is 318 g/mol. The van der Waals surface area contributed by atoms with Gasteiger partial charge in [-0.1, -0.05) is 24.3 Å². The topological polar surface area (TPSA) is 6.48 Å². The highest BCUT2D eigenvalue weighted by Crippen LogP contribution is 2.31. The number of anilines is 2. The lowest BCUT2D eigenvalue weighted by atomic mass is 9.99. The second-order valence-corrected chi connectivity index (χ2v) is 7.15. The van der Waals surface area contributed by atoms with Gasteiger partial charge in [0.1, 0.15) is 0 Å². The van der Waals surface area contributed by atoms with Crippen LogP contribution in [0.15, 0.2) is 48.5 Å². The fraction of sp³-hybridized carbons (Fsp3) is 0.364. The van der Waals surface area contributed by atoms with E-state index in [-0.39, 0.29) is 0 Å². The molecular formula is C22H26N2. The third kappa shape index (κ3) is 2.99. The molecule has 0 atom stereocenters. The van der Waals surface area contributed by atoms with E-state index in [0.717, 1.165) is 19.5 Å². The molecule has 0 saturated heterocycles. The molecule has 124 valence electrons. The molecule has 2 aromatic carbocycles. The lowest BCUT2D eigenvalue weighted by molar-refractivity contribution is 0.370. The number of hydrogen-bond donors (Lipinski definition) is 0. The van der Waals surface area contributed by atoms with Crippen LogP contribution in [0.1, 0.15) is 29.5 Å². The van der Waals surface area contributed by atoms with Crippen LogP contribution in [0.5, 0.6) is 0 Å². The highest BCUT2D eigenvalue weighted by molar-refractivity contribution is 5.70. The maximum Gasteiger partial charge on any atom is 0.0411 e. The van der Waals surface area contributed by atoms with Crippen LogP contribution >= 0.6 is 0 Å². The van der Waals surface area contributed by atoms with Crippen LogP contribution in [0, 0.1) is 0 Å². The molecule has 0 amide bonds. The molecule has 0 bridgehead atoms. The van der Waals surface area contributed by atoms with Crippen molar-refractivity contribution < 1.29 is 0 Å². The van der Waals surface area contributed by atoms with Crippen LogP contribution in [0.4, 0.5) is 11.4 Å². The number of likely N-dealkylation sites (N-methyl/N-ethyl adjacent to an activating group) is 1. The lowest BCUT2D eigenvalue weighted by Gasteiger charge is -2.23. The Bertz CT molecular complexity index is 758. The van der Waals surface area contributed by atoms with Gasteiger partial charge in [-0.25, -0.2) is 0 Å². The van der Waals surface area contributed by atoms with E-state index in [4.69, 9.17) is 0 Å². The maximum absolute atomic E-state index is 2.37. The molecule has 2 aromatic rings. The lowest BCUT2D eigenvalue weighted by Crippen LogP contribution is -2.23. The summed E-state index contributed by atoms with van der Waals surface area (Å²) in [7, 11) is 4.35. The SMILES string of the molecule is CN1CC=C(c2ccc(N(C)c3ccc4c(c3)CCC4)cc2)CC1. The zero-order chi connectivity index (χ0) is 16.5. The summed E-state index contributed by atoms with van der Waals surface area (Å²) in [5.41, 5.74) is 8.48. The van der Waals surface area contributed by atoms with Gasteiger partial charge in [0.05, 0.1) is 0 Å². The van der Waals surface area contributed by atoms with Crippen molar-refractivity contribution in [2.75, 3.05) is 32.1 Å². The molecule has 24 heavy (non-hydrogen) atoms. The quantitative estimate of drug-likeness (QED) is 0.812. The molecule has 2 aliphatic rings. The van der Waals surface area contributed by atoms with E-state index in [9.17, 15) is 0 Å². The van der Waals surface area contributed by atoms with E-state index in [1.54, 1.807) is 0 Å². The van der Waals surface area contributed by atoms with Crippen LogP contribution in [-0.4, -0.2) is 32.1 Å². The molecule has 1 aliphatic heterocycles. The molecule has 1 aliphatic carbocycles. The highest BCUT2D eigenvalue weighted by Gasteiger charge is 2.14. The predicted molar refractivity (Wildman–Crippen MR) is 103 cm³/mol. The van der Waals surface area contributed by atoms with Crippen molar-refractivity contribution in [1.82, 2.24) is 4.90 Å². The van der Waals surface area contributed by atoms with Crippen LogP contribution in [0.2, 0.25) is 0 Å². The normalized spacial score (nSPS) is 17.5. The molecule has 0 radical (unpaired) electrons. The zero-order valence-electron chi connectivity index (χ0n) is 14.8. The molecule has 0 N–H and O–H groups in total. The Balaban J connectivity index is 1.54. The first-order valence-corrected chi connectivity index (χ1v) is 9.04. The van der Waals surface area contributed by atoms with Gasteiger partial charge in [-0.05, 0) is 79.3 Å². The first-order valence-electron chi connectivity index (χ1n) is 9.04. The fourth-order valence-corrected chi connectivity index (χ4v) is 3.85. The van der Waals surface area contributed by atoms with E-state index in [1.165, 1.54) is 52.9 Å². The molecule has 0 unspecified atom stereocenters. The Kier molecular flexibility index (Phi) is 4.15. The fourth-order valence-electron chi connectivity index (χ4n) is 3.85. The Hall–Kier alpha value is -2.06. The van der Waals surface area contributed by atoms with Crippen molar-refractivity contribution in [3.8, 4) is 0 Å². The number of fused-ring (bicyclic) bond motifs is 1. The molecular weight excluding hydrogens is 292 g/mol. The second kappa shape index (κ2) is 6.45. The Morgan fingerprint density at radius 2 is 1.62 bits per heavy atom. The Morgan fingerprint density at radius 1 is 0.875 bits per heavy atom. The Labute approximate surface area is 145 Å². The highest BCUT2D eigenvalue weighted by atomic mass is 15.1. The van der Waals surface area contributed by atoms with Gasteiger partial charge in [0.25, 0.3) is 0 Å². The van der Waals surface area contributed by atoms with E-state index >= 15 is 0 Å². The minimum Gasteiger partial charge on any atom is -0.345 e. The van der Waals surface area contributed by atoms with E-state index in [2.05, 4.69) is 72.4 Å². The summed E-state index contributed by atoms with van der Waals surface area (Å²) in [6, 6.07) is 16.0. The number of aryl methyl sites for hydroxylation is 2. The van der Waals surface area contributed by atoms with Crippen molar-refractivity contribution in [3.63, 3.8) is 0 Å². The van der Waals surface area contributed by atoms with Gasteiger partial charge < -0.3 is 9.80 Å². The van der Waals surface area contributed by atoms with Crippen LogP contribution < -0.4 is 4.90 Å². The number of rotatable bonds is 3. The minimum absolute atomic E-state index is 1.06. The number of benzene rings is 2. The van der Waals surface area contributed by atoms with E-state index in [1.807, 2.05) is 0 Å². The smallest absolute Gasteiger partial charge is 0.0411 e. The second-order valence-electron chi connectivity index (χ2n) is 7.15. The standard InChI is InChI=1S/C22H26N2/c1-23-14-12-19(13-15-23)18-6-9-21(10-7-18)24(2)22-11-8-17-4-3-5-20(17)16-22/h6-12,16H,3-5,13-15H2,1-2H3. The molecule has 4 rings (SSSR count).